The highest BCUT2D eigenvalue weighted by molar-refractivity contribution is 6.31. The standard InChI is InChI=1S/C24H23ClN4O4/c1-14-4-6-16(11-17(14)25)19-13-29-20(24(31)27-19)12-18(28-29)23(30)26-9-8-15-5-7-21(32-2)22(10-15)33-3/h4-7,10-13H,8-9H2,1-3H3,(H,26,30)(H,27,31). The number of aryl methyl sites for hydroxylation is 1. The molecule has 0 fully saturated rings. The SMILES string of the molecule is COc1ccc(CCNC(=O)c2cc3c(=O)[nH]c(-c4ccc(C)c(Cl)c4)cn3n2)cc1OC. The maximum atomic E-state index is 12.6. The normalized spacial score (nSPS) is 10.9. The minimum atomic E-state index is -0.362. The largest absolute Gasteiger partial charge is 0.493 e. The maximum Gasteiger partial charge on any atom is 0.274 e. The molecule has 0 aliphatic carbocycles. The van der Waals surface area contributed by atoms with E-state index in [-0.39, 0.29) is 22.7 Å². The van der Waals surface area contributed by atoms with Crippen LogP contribution < -0.4 is 20.3 Å². The number of halogens is 1. The van der Waals surface area contributed by atoms with Gasteiger partial charge in [-0.25, -0.2) is 4.52 Å². The van der Waals surface area contributed by atoms with E-state index in [1.165, 1.54) is 10.6 Å². The molecule has 170 valence electrons. The molecule has 0 spiro atoms. The molecule has 1 amide bonds. The summed E-state index contributed by atoms with van der Waals surface area (Å²) in [5.74, 6) is 0.914. The molecular formula is C24H23ClN4O4. The Kier molecular flexibility index (Phi) is 6.37. The summed E-state index contributed by atoms with van der Waals surface area (Å²) in [5, 5.41) is 7.73. The van der Waals surface area contributed by atoms with Crippen molar-refractivity contribution >= 4 is 23.0 Å². The Balaban J connectivity index is 1.49. The summed E-state index contributed by atoms with van der Waals surface area (Å²) in [6.45, 7) is 2.30. The number of carbonyl (C=O) groups excluding carboxylic acids is 1. The highest BCUT2D eigenvalue weighted by atomic mass is 35.5. The molecule has 2 aromatic carbocycles. The number of nitrogens with zero attached hydrogens (tertiary/aromatic N) is 2. The topological polar surface area (TPSA) is 97.7 Å². The van der Waals surface area contributed by atoms with Crippen LogP contribution in [-0.4, -0.2) is 41.3 Å². The zero-order valence-electron chi connectivity index (χ0n) is 18.4. The first-order valence-corrected chi connectivity index (χ1v) is 10.7. The van der Waals surface area contributed by atoms with Gasteiger partial charge in [0.25, 0.3) is 11.5 Å². The van der Waals surface area contributed by atoms with Crippen LogP contribution in [0, 0.1) is 6.92 Å². The van der Waals surface area contributed by atoms with Crippen LogP contribution in [0.15, 0.2) is 53.5 Å². The second-order valence-electron chi connectivity index (χ2n) is 7.52. The Bertz CT molecular complexity index is 1390. The number of rotatable bonds is 7. The van der Waals surface area contributed by atoms with E-state index in [0.717, 1.165) is 16.7 Å². The number of nitrogens with one attached hydrogen (secondary N) is 2. The van der Waals surface area contributed by atoms with Gasteiger partial charge in [-0.3, -0.25) is 9.59 Å². The van der Waals surface area contributed by atoms with Gasteiger partial charge in [-0.05, 0) is 42.7 Å². The van der Waals surface area contributed by atoms with Crippen molar-refractivity contribution in [3.05, 3.63) is 80.9 Å². The van der Waals surface area contributed by atoms with Crippen molar-refractivity contribution in [1.82, 2.24) is 19.9 Å². The number of carbonyl (C=O) groups is 1. The third-order valence-corrected chi connectivity index (χ3v) is 5.74. The number of aromatic nitrogens is 3. The number of H-pyrrole nitrogens is 1. The van der Waals surface area contributed by atoms with Gasteiger partial charge < -0.3 is 19.8 Å². The summed E-state index contributed by atoms with van der Waals surface area (Å²) in [6.07, 6.45) is 2.26. The molecule has 2 aromatic heterocycles. The number of hydrogen-bond acceptors (Lipinski definition) is 5. The van der Waals surface area contributed by atoms with Crippen molar-refractivity contribution in [3.63, 3.8) is 0 Å². The average Bonchev–Trinajstić information content (AvgIpc) is 3.25. The number of hydrogen-bond donors (Lipinski definition) is 2. The molecule has 2 heterocycles. The molecule has 0 saturated carbocycles. The summed E-state index contributed by atoms with van der Waals surface area (Å²) >= 11 is 6.21. The predicted molar refractivity (Wildman–Crippen MR) is 127 cm³/mol. The van der Waals surface area contributed by atoms with Gasteiger partial charge in [-0.1, -0.05) is 29.8 Å². The van der Waals surface area contributed by atoms with E-state index in [0.29, 0.717) is 35.2 Å². The van der Waals surface area contributed by atoms with E-state index >= 15 is 0 Å². The summed E-state index contributed by atoms with van der Waals surface area (Å²) in [5.41, 5.74) is 3.32. The number of methoxy groups -OCH3 is 2. The fraction of sp³-hybridized carbons (Fsp3) is 0.208. The molecule has 0 bridgehead atoms. The number of amides is 1. The van der Waals surface area contributed by atoms with Gasteiger partial charge in [-0.15, -0.1) is 0 Å². The van der Waals surface area contributed by atoms with Crippen LogP contribution in [0.3, 0.4) is 0 Å². The number of fused-ring (bicyclic) bond motifs is 1. The molecule has 0 radical (unpaired) electrons. The maximum absolute atomic E-state index is 12.6. The Morgan fingerprint density at radius 1 is 1.12 bits per heavy atom. The van der Waals surface area contributed by atoms with Gasteiger partial charge in [0, 0.05) is 23.2 Å². The molecule has 4 aromatic rings. The van der Waals surface area contributed by atoms with Crippen LogP contribution >= 0.6 is 11.6 Å². The summed E-state index contributed by atoms with van der Waals surface area (Å²) in [6, 6.07) is 12.6. The minimum Gasteiger partial charge on any atom is -0.493 e. The predicted octanol–water partition coefficient (Wildman–Crippen LogP) is 3.64. The summed E-state index contributed by atoms with van der Waals surface area (Å²) in [4.78, 5) is 28.0. The van der Waals surface area contributed by atoms with Crippen LogP contribution in [0.4, 0.5) is 0 Å². The van der Waals surface area contributed by atoms with Crippen LogP contribution in [-0.2, 0) is 6.42 Å². The second-order valence-corrected chi connectivity index (χ2v) is 7.92. The molecule has 0 atom stereocenters. The highest BCUT2D eigenvalue weighted by Crippen LogP contribution is 2.27. The number of aromatic amines is 1. The lowest BCUT2D eigenvalue weighted by Gasteiger charge is -2.09. The molecule has 8 nitrogen and oxygen atoms in total. The van der Waals surface area contributed by atoms with Crippen molar-refractivity contribution < 1.29 is 14.3 Å². The third kappa shape index (κ3) is 4.70. The lowest BCUT2D eigenvalue weighted by Crippen LogP contribution is -2.26. The van der Waals surface area contributed by atoms with Gasteiger partial charge in [0.1, 0.15) is 5.52 Å². The van der Waals surface area contributed by atoms with Gasteiger partial charge in [0.05, 0.1) is 26.1 Å². The van der Waals surface area contributed by atoms with Gasteiger partial charge in [0.2, 0.25) is 0 Å². The summed E-state index contributed by atoms with van der Waals surface area (Å²) < 4.78 is 12.0. The fourth-order valence-corrected chi connectivity index (χ4v) is 3.65. The minimum absolute atomic E-state index is 0.159. The lowest BCUT2D eigenvalue weighted by atomic mass is 10.1. The molecule has 0 unspecified atom stereocenters. The van der Waals surface area contributed by atoms with Crippen LogP contribution in [0.25, 0.3) is 16.8 Å². The molecule has 2 N–H and O–H groups in total. The first-order chi connectivity index (χ1) is 15.9. The van der Waals surface area contributed by atoms with Crippen LogP contribution in [0.5, 0.6) is 11.5 Å². The number of benzene rings is 2. The molecule has 0 aliphatic rings. The quantitative estimate of drug-likeness (QED) is 0.433. The van der Waals surface area contributed by atoms with Crippen molar-refractivity contribution in [3.8, 4) is 22.8 Å². The molecular weight excluding hydrogens is 444 g/mol. The molecule has 0 saturated heterocycles. The first kappa shape index (κ1) is 22.4. The Morgan fingerprint density at radius 2 is 1.91 bits per heavy atom. The van der Waals surface area contributed by atoms with Gasteiger partial charge >= 0.3 is 0 Å². The Morgan fingerprint density at radius 3 is 2.64 bits per heavy atom. The zero-order valence-corrected chi connectivity index (χ0v) is 19.2. The molecule has 0 aliphatic heterocycles. The Hall–Kier alpha value is -3.78. The highest BCUT2D eigenvalue weighted by Gasteiger charge is 2.14. The van der Waals surface area contributed by atoms with Crippen molar-refractivity contribution in [2.45, 2.75) is 13.3 Å². The average molecular weight is 467 g/mol. The van der Waals surface area contributed by atoms with E-state index in [4.69, 9.17) is 21.1 Å². The third-order valence-electron chi connectivity index (χ3n) is 5.33. The smallest absolute Gasteiger partial charge is 0.274 e. The second kappa shape index (κ2) is 9.38. The van der Waals surface area contributed by atoms with Gasteiger partial charge in [0.15, 0.2) is 17.2 Å². The zero-order chi connectivity index (χ0) is 23.5. The van der Waals surface area contributed by atoms with Crippen LogP contribution in [0.2, 0.25) is 5.02 Å². The van der Waals surface area contributed by atoms with Crippen LogP contribution in [0.1, 0.15) is 21.6 Å². The van der Waals surface area contributed by atoms with Crippen molar-refractivity contribution in [2.75, 3.05) is 20.8 Å². The molecule has 33 heavy (non-hydrogen) atoms. The monoisotopic (exact) mass is 466 g/mol. The Labute approximate surface area is 195 Å². The van der Waals surface area contributed by atoms with Crippen molar-refractivity contribution in [2.24, 2.45) is 0 Å². The first-order valence-electron chi connectivity index (χ1n) is 10.3. The van der Waals surface area contributed by atoms with E-state index in [1.807, 2.05) is 37.3 Å². The number of ether oxygens (including phenoxy) is 2. The van der Waals surface area contributed by atoms with E-state index < -0.39 is 0 Å². The van der Waals surface area contributed by atoms with Gasteiger partial charge in [-0.2, -0.15) is 5.10 Å². The van der Waals surface area contributed by atoms with E-state index in [2.05, 4.69) is 15.4 Å². The van der Waals surface area contributed by atoms with E-state index in [1.54, 1.807) is 26.5 Å². The van der Waals surface area contributed by atoms with Crippen molar-refractivity contribution in [1.29, 1.82) is 0 Å². The lowest BCUT2D eigenvalue weighted by molar-refractivity contribution is 0.0949. The molecule has 9 heteroatoms. The summed E-state index contributed by atoms with van der Waals surface area (Å²) in [7, 11) is 3.16. The fourth-order valence-electron chi connectivity index (χ4n) is 3.47. The molecule has 4 rings (SSSR count). The van der Waals surface area contributed by atoms with E-state index in [9.17, 15) is 9.59 Å².